The molecular weight excluding hydrogens is 378 g/mol. The standard InChI is InChI=1S/C17H15BrClN3O/c18-14-8-22(17-15(14)16(19)20-10-21-17)12-6-13(7-12)23-9-11-4-2-1-3-5-11/h1-5,8,10,12-13H,6-7,9H2/t12-,13+. The maximum Gasteiger partial charge on any atom is 0.146 e. The van der Waals surface area contributed by atoms with Gasteiger partial charge in [0.15, 0.2) is 0 Å². The number of hydrogen-bond donors (Lipinski definition) is 0. The van der Waals surface area contributed by atoms with Crippen LogP contribution in [0.5, 0.6) is 0 Å². The van der Waals surface area contributed by atoms with Crippen molar-refractivity contribution in [2.45, 2.75) is 31.6 Å². The molecule has 6 heteroatoms. The SMILES string of the molecule is Clc1ncnc2c1c(Br)cn2[C@H]1C[C@@H](OCc2ccccc2)C1. The van der Waals surface area contributed by atoms with E-state index < -0.39 is 0 Å². The largest absolute Gasteiger partial charge is 0.373 e. The van der Waals surface area contributed by atoms with E-state index in [4.69, 9.17) is 16.3 Å². The Kier molecular flexibility index (Phi) is 4.09. The van der Waals surface area contributed by atoms with Crippen molar-refractivity contribution < 1.29 is 4.74 Å². The summed E-state index contributed by atoms with van der Waals surface area (Å²) in [6, 6.07) is 10.7. The molecule has 0 saturated heterocycles. The van der Waals surface area contributed by atoms with Crippen molar-refractivity contribution in [1.82, 2.24) is 14.5 Å². The summed E-state index contributed by atoms with van der Waals surface area (Å²) in [5.41, 5.74) is 2.09. The van der Waals surface area contributed by atoms with Gasteiger partial charge in [0.25, 0.3) is 0 Å². The fraction of sp³-hybridized carbons (Fsp3) is 0.294. The quantitative estimate of drug-likeness (QED) is 0.601. The molecule has 2 aromatic heterocycles. The molecule has 1 aliphatic rings. The second kappa shape index (κ2) is 6.23. The summed E-state index contributed by atoms with van der Waals surface area (Å²) in [6.45, 7) is 0.669. The lowest BCUT2D eigenvalue weighted by Crippen LogP contribution is -2.33. The molecule has 1 aliphatic carbocycles. The number of rotatable bonds is 4. The number of nitrogens with zero attached hydrogens (tertiary/aromatic N) is 3. The second-order valence-electron chi connectivity index (χ2n) is 5.79. The fourth-order valence-corrected chi connectivity index (χ4v) is 3.90. The topological polar surface area (TPSA) is 39.9 Å². The van der Waals surface area contributed by atoms with Gasteiger partial charge in [0, 0.05) is 16.7 Å². The molecule has 0 bridgehead atoms. The minimum atomic E-state index is 0.300. The molecule has 0 aliphatic heterocycles. The Labute approximate surface area is 147 Å². The predicted molar refractivity (Wildman–Crippen MR) is 93.5 cm³/mol. The molecule has 4 nitrogen and oxygen atoms in total. The van der Waals surface area contributed by atoms with E-state index >= 15 is 0 Å². The van der Waals surface area contributed by atoms with E-state index in [1.54, 1.807) is 0 Å². The zero-order valence-electron chi connectivity index (χ0n) is 12.3. The monoisotopic (exact) mass is 391 g/mol. The van der Waals surface area contributed by atoms with Crippen LogP contribution in [0.2, 0.25) is 5.15 Å². The van der Waals surface area contributed by atoms with E-state index in [2.05, 4.69) is 42.6 Å². The maximum absolute atomic E-state index is 6.17. The summed E-state index contributed by atoms with van der Waals surface area (Å²) >= 11 is 9.72. The third-order valence-corrected chi connectivity index (χ3v) is 5.20. The Bertz CT molecular complexity index is 830. The van der Waals surface area contributed by atoms with Crippen LogP contribution in [-0.2, 0) is 11.3 Å². The summed E-state index contributed by atoms with van der Waals surface area (Å²) < 4.78 is 9.09. The van der Waals surface area contributed by atoms with Gasteiger partial charge in [-0.25, -0.2) is 9.97 Å². The molecule has 0 unspecified atom stereocenters. The van der Waals surface area contributed by atoms with Gasteiger partial charge in [-0.15, -0.1) is 0 Å². The first-order valence-electron chi connectivity index (χ1n) is 7.54. The molecule has 0 N–H and O–H groups in total. The highest BCUT2D eigenvalue weighted by Crippen LogP contribution is 2.40. The third-order valence-electron chi connectivity index (χ3n) is 4.31. The van der Waals surface area contributed by atoms with Crippen LogP contribution in [0.3, 0.4) is 0 Å². The lowest BCUT2D eigenvalue weighted by Gasteiger charge is -2.36. The van der Waals surface area contributed by atoms with Crippen LogP contribution in [-0.4, -0.2) is 20.6 Å². The summed E-state index contributed by atoms with van der Waals surface area (Å²) in [6.07, 6.45) is 5.84. The average Bonchev–Trinajstić information content (AvgIpc) is 2.85. The van der Waals surface area contributed by atoms with Crippen molar-refractivity contribution in [2.75, 3.05) is 0 Å². The van der Waals surface area contributed by atoms with Crippen LogP contribution in [0.15, 0.2) is 47.3 Å². The van der Waals surface area contributed by atoms with Gasteiger partial charge in [0.1, 0.15) is 17.1 Å². The molecule has 1 aromatic carbocycles. The molecule has 1 saturated carbocycles. The van der Waals surface area contributed by atoms with Gasteiger partial charge in [-0.1, -0.05) is 41.9 Å². The number of hydrogen-bond acceptors (Lipinski definition) is 3. The first-order valence-corrected chi connectivity index (χ1v) is 8.71. The molecular formula is C17H15BrClN3O. The highest BCUT2D eigenvalue weighted by atomic mass is 79.9. The van der Waals surface area contributed by atoms with Crippen molar-refractivity contribution in [2.24, 2.45) is 0 Å². The summed E-state index contributed by atoms with van der Waals surface area (Å²) in [4.78, 5) is 8.43. The van der Waals surface area contributed by atoms with Crippen LogP contribution in [0.4, 0.5) is 0 Å². The number of fused-ring (bicyclic) bond motifs is 1. The first kappa shape index (κ1) is 15.1. The van der Waals surface area contributed by atoms with E-state index in [0.717, 1.165) is 28.3 Å². The minimum Gasteiger partial charge on any atom is -0.373 e. The smallest absolute Gasteiger partial charge is 0.146 e. The fourth-order valence-electron chi connectivity index (χ4n) is 2.97. The highest BCUT2D eigenvalue weighted by molar-refractivity contribution is 9.10. The number of halogens is 2. The Hall–Kier alpha value is -1.43. The maximum atomic E-state index is 6.17. The van der Waals surface area contributed by atoms with E-state index in [0.29, 0.717) is 23.9 Å². The van der Waals surface area contributed by atoms with Crippen LogP contribution in [0, 0.1) is 0 Å². The Morgan fingerprint density at radius 3 is 2.78 bits per heavy atom. The van der Waals surface area contributed by atoms with Crippen molar-refractivity contribution in [3.63, 3.8) is 0 Å². The molecule has 1 fully saturated rings. The molecule has 0 spiro atoms. The van der Waals surface area contributed by atoms with Crippen molar-refractivity contribution in [3.8, 4) is 0 Å². The van der Waals surface area contributed by atoms with E-state index in [1.165, 1.54) is 11.9 Å². The Morgan fingerprint density at radius 1 is 1.22 bits per heavy atom. The summed E-state index contributed by atoms with van der Waals surface area (Å²) in [5, 5.41) is 1.36. The summed E-state index contributed by atoms with van der Waals surface area (Å²) in [5.74, 6) is 0. The van der Waals surface area contributed by atoms with E-state index in [9.17, 15) is 0 Å². The van der Waals surface area contributed by atoms with Crippen molar-refractivity contribution >= 4 is 38.6 Å². The Balaban J connectivity index is 1.43. The Morgan fingerprint density at radius 2 is 2.00 bits per heavy atom. The predicted octanol–water partition coefficient (Wildman–Crippen LogP) is 4.77. The molecule has 3 aromatic rings. The lowest BCUT2D eigenvalue weighted by atomic mass is 9.89. The highest BCUT2D eigenvalue weighted by Gasteiger charge is 2.32. The third kappa shape index (κ3) is 2.89. The normalized spacial score (nSPS) is 20.6. The van der Waals surface area contributed by atoms with Crippen molar-refractivity contribution in [1.29, 1.82) is 0 Å². The minimum absolute atomic E-state index is 0.300. The van der Waals surface area contributed by atoms with Gasteiger partial charge >= 0.3 is 0 Å². The molecule has 0 radical (unpaired) electrons. The van der Waals surface area contributed by atoms with Crippen LogP contribution in [0.1, 0.15) is 24.4 Å². The first-order chi connectivity index (χ1) is 11.2. The molecule has 4 rings (SSSR count). The summed E-state index contributed by atoms with van der Waals surface area (Å²) in [7, 11) is 0. The molecule has 23 heavy (non-hydrogen) atoms. The van der Waals surface area contributed by atoms with Gasteiger partial charge in [-0.3, -0.25) is 0 Å². The van der Waals surface area contributed by atoms with Gasteiger partial charge < -0.3 is 9.30 Å². The number of benzene rings is 1. The lowest BCUT2D eigenvalue weighted by molar-refractivity contribution is -0.0348. The molecule has 0 atom stereocenters. The number of ether oxygens (including phenoxy) is 1. The zero-order chi connectivity index (χ0) is 15.8. The number of aromatic nitrogens is 3. The second-order valence-corrected chi connectivity index (χ2v) is 7.00. The van der Waals surface area contributed by atoms with E-state index in [-0.39, 0.29) is 0 Å². The van der Waals surface area contributed by atoms with Crippen molar-refractivity contribution in [3.05, 3.63) is 58.0 Å². The molecule has 2 heterocycles. The molecule has 118 valence electrons. The van der Waals surface area contributed by atoms with Crippen LogP contribution < -0.4 is 0 Å². The van der Waals surface area contributed by atoms with Gasteiger partial charge in [0.05, 0.1) is 18.1 Å². The zero-order valence-corrected chi connectivity index (χ0v) is 14.7. The van der Waals surface area contributed by atoms with Crippen LogP contribution >= 0.6 is 27.5 Å². The van der Waals surface area contributed by atoms with E-state index in [1.807, 2.05) is 24.4 Å². The van der Waals surface area contributed by atoms with Crippen LogP contribution in [0.25, 0.3) is 11.0 Å². The van der Waals surface area contributed by atoms with Gasteiger partial charge in [-0.05, 0) is 34.3 Å². The van der Waals surface area contributed by atoms with Gasteiger partial charge in [0.2, 0.25) is 0 Å². The van der Waals surface area contributed by atoms with Gasteiger partial charge in [-0.2, -0.15) is 0 Å². The molecule has 0 amide bonds. The average molecular weight is 393 g/mol.